The van der Waals surface area contributed by atoms with Gasteiger partial charge in [0.2, 0.25) is 5.91 Å². The Hall–Kier alpha value is -3.05. The molecule has 1 atom stereocenters. The lowest BCUT2D eigenvalue weighted by atomic mass is 9.94. The van der Waals surface area contributed by atoms with Gasteiger partial charge in [0, 0.05) is 30.4 Å². The van der Waals surface area contributed by atoms with Crippen LogP contribution in [0.4, 0.5) is 0 Å². The largest absolute Gasteiger partial charge is 0.331 e. The van der Waals surface area contributed by atoms with E-state index in [1.165, 1.54) is 11.1 Å². The lowest BCUT2D eigenvalue weighted by Gasteiger charge is -2.35. The zero-order valence-corrected chi connectivity index (χ0v) is 15.9. The molecule has 0 fully saturated rings. The van der Waals surface area contributed by atoms with Gasteiger partial charge in [-0.2, -0.15) is 0 Å². The van der Waals surface area contributed by atoms with Crippen molar-refractivity contribution in [2.24, 2.45) is 0 Å². The third-order valence-electron chi connectivity index (χ3n) is 5.77. The molecule has 1 unspecified atom stereocenters. The normalized spacial score (nSPS) is 18.6. The zero-order chi connectivity index (χ0) is 19.1. The predicted octanol–water partition coefficient (Wildman–Crippen LogP) is 3.04. The van der Waals surface area contributed by atoms with Gasteiger partial charge in [-0.1, -0.05) is 54.6 Å². The Morgan fingerprint density at radius 1 is 0.929 bits per heavy atom. The van der Waals surface area contributed by atoms with Crippen molar-refractivity contribution in [3.63, 3.8) is 0 Å². The predicted molar refractivity (Wildman–Crippen MR) is 107 cm³/mol. The fourth-order valence-corrected chi connectivity index (χ4v) is 4.18. The van der Waals surface area contributed by atoms with Crippen LogP contribution < -0.4 is 0 Å². The number of hydrogen-bond donors (Lipinski definition) is 0. The molecule has 0 saturated carbocycles. The summed E-state index contributed by atoms with van der Waals surface area (Å²) in [7, 11) is 2.04. The second kappa shape index (κ2) is 6.84. The third-order valence-corrected chi connectivity index (χ3v) is 5.77. The fourth-order valence-electron chi connectivity index (χ4n) is 4.18. The van der Waals surface area contributed by atoms with E-state index in [1.54, 1.807) is 0 Å². The van der Waals surface area contributed by atoms with Crippen molar-refractivity contribution in [2.75, 3.05) is 7.05 Å². The number of carbonyl (C=O) groups excluding carboxylic acids is 1. The van der Waals surface area contributed by atoms with Crippen LogP contribution in [0.15, 0.2) is 60.8 Å². The summed E-state index contributed by atoms with van der Waals surface area (Å²) in [5, 5.41) is 0. The Kier molecular flexibility index (Phi) is 4.17. The van der Waals surface area contributed by atoms with Crippen molar-refractivity contribution in [2.45, 2.75) is 32.1 Å². The van der Waals surface area contributed by atoms with Gasteiger partial charge in [0.15, 0.2) is 5.82 Å². The third kappa shape index (κ3) is 2.98. The fraction of sp³-hybridized carbons (Fsp3) is 0.261. The van der Waals surface area contributed by atoms with Gasteiger partial charge in [-0.15, -0.1) is 0 Å². The highest BCUT2D eigenvalue weighted by Gasteiger charge is 2.35. The van der Waals surface area contributed by atoms with Crippen LogP contribution in [-0.2, 0) is 30.8 Å². The van der Waals surface area contributed by atoms with E-state index >= 15 is 0 Å². The van der Waals surface area contributed by atoms with Gasteiger partial charge in [-0.3, -0.25) is 9.69 Å². The zero-order valence-electron chi connectivity index (χ0n) is 15.9. The Bertz CT molecular complexity index is 1030. The lowest BCUT2D eigenvalue weighted by molar-refractivity contribution is -0.137. The molecule has 140 valence electrons. The molecule has 0 spiro atoms. The molecule has 28 heavy (non-hydrogen) atoms. The summed E-state index contributed by atoms with van der Waals surface area (Å²) in [5.74, 6) is 0.897. The van der Waals surface area contributed by atoms with Crippen LogP contribution in [0.5, 0.6) is 0 Å². The maximum atomic E-state index is 13.3. The Morgan fingerprint density at radius 2 is 1.68 bits per heavy atom. The van der Waals surface area contributed by atoms with E-state index < -0.39 is 0 Å². The first-order valence-electron chi connectivity index (χ1n) is 9.65. The van der Waals surface area contributed by atoms with Crippen molar-refractivity contribution in [1.29, 1.82) is 0 Å². The topological polar surface area (TPSA) is 49.3 Å². The molecular weight excluding hydrogens is 348 g/mol. The van der Waals surface area contributed by atoms with Gasteiger partial charge in [-0.25, -0.2) is 9.97 Å². The second-order valence-corrected chi connectivity index (χ2v) is 7.63. The van der Waals surface area contributed by atoms with Crippen molar-refractivity contribution in [3.8, 4) is 11.4 Å². The molecule has 1 amide bonds. The quantitative estimate of drug-likeness (QED) is 0.696. The number of rotatable bonds is 2. The van der Waals surface area contributed by atoms with Crippen LogP contribution in [0.1, 0.15) is 22.4 Å². The highest BCUT2D eigenvalue weighted by Crippen LogP contribution is 2.28. The van der Waals surface area contributed by atoms with Gasteiger partial charge >= 0.3 is 0 Å². The van der Waals surface area contributed by atoms with Crippen molar-refractivity contribution >= 4 is 5.91 Å². The summed E-state index contributed by atoms with van der Waals surface area (Å²) >= 11 is 0. The van der Waals surface area contributed by atoms with E-state index in [-0.39, 0.29) is 11.9 Å². The first-order chi connectivity index (χ1) is 13.7. The van der Waals surface area contributed by atoms with Crippen molar-refractivity contribution < 1.29 is 4.79 Å². The van der Waals surface area contributed by atoms with Gasteiger partial charge in [-0.05, 0) is 24.6 Å². The molecule has 0 radical (unpaired) electrons. The molecule has 0 saturated heterocycles. The van der Waals surface area contributed by atoms with E-state index in [0.717, 1.165) is 35.6 Å². The Balaban J connectivity index is 1.36. The number of nitrogens with zero attached hydrogens (tertiary/aromatic N) is 4. The van der Waals surface area contributed by atoms with Gasteiger partial charge < -0.3 is 4.90 Å². The van der Waals surface area contributed by atoms with Crippen LogP contribution in [0.2, 0.25) is 0 Å². The minimum Gasteiger partial charge on any atom is -0.331 e. The molecule has 3 heterocycles. The summed E-state index contributed by atoms with van der Waals surface area (Å²) < 4.78 is 0. The first-order valence-corrected chi connectivity index (χ1v) is 9.65. The molecular formula is C23H22N4O. The van der Waals surface area contributed by atoms with Gasteiger partial charge in [0.25, 0.3) is 0 Å². The summed E-state index contributed by atoms with van der Waals surface area (Å²) in [4.78, 5) is 26.6. The van der Waals surface area contributed by atoms with Gasteiger partial charge in [0.05, 0.1) is 18.3 Å². The molecule has 2 aromatic carbocycles. The summed E-state index contributed by atoms with van der Waals surface area (Å²) in [6.45, 7) is 1.96. The highest BCUT2D eigenvalue weighted by molar-refractivity contribution is 5.83. The maximum Gasteiger partial charge on any atom is 0.240 e. The SMILES string of the molecule is CN1Cc2ccccc2CC1C(=O)N1Cc2cnc(-c3ccccc3)nc2C1. The maximum absolute atomic E-state index is 13.3. The van der Waals surface area contributed by atoms with Crippen LogP contribution in [0, 0.1) is 0 Å². The van der Waals surface area contributed by atoms with Crippen molar-refractivity contribution in [1.82, 2.24) is 19.8 Å². The van der Waals surface area contributed by atoms with Gasteiger partial charge in [0.1, 0.15) is 0 Å². The molecule has 2 aliphatic heterocycles. The number of aromatic nitrogens is 2. The average Bonchev–Trinajstić information content (AvgIpc) is 3.17. The van der Waals surface area contributed by atoms with E-state index in [1.807, 2.05) is 48.5 Å². The average molecular weight is 370 g/mol. The molecule has 0 aliphatic carbocycles. The molecule has 5 nitrogen and oxygen atoms in total. The lowest BCUT2D eigenvalue weighted by Crippen LogP contribution is -2.48. The van der Waals surface area contributed by atoms with E-state index in [2.05, 4.69) is 34.1 Å². The first kappa shape index (κ1) is 17.1. The molecule has 2 aliphatic rings. The Labute approximate surface area is 164 Å². The number of carbonyl (C=O) groups is 1. The van der Waals surface area contributed by atoms with Crippen molar-refractivity contribution in [3.05, 3.63) is 83.2 Å². The summed E-state index contributed by atoms with van der Waals surface area (Å²) in [6, 6.07) is 18.3. The number of likely N-dealkylation sites (N-methyl/N-ethyl adjacent to an activating group) is 1. The van der Waals surface area contributed by atoms with E-state index in [4.69, 9.17) is 4.98 Å². The smallest absolute Gasteiger partial charge is 0.240 e. The molecule has 0 N–H and O–H groups in total. The summed E-state index contributed by atoms with van der Waals surface area (Å²) in [6.07, 6.45) is 2.64. The number of amides is 1. The van der Waals surface area contributed by atoms with Crippen LogP contribution in [0.25, 0.3) is 11.4 Å². The second-order valence-electron chi connectivity index (χ2n) is 7.63. The van der Waals surface area contributed by atoms with E-state index in [9.17, 15) is 4.79 Å². The van der Waals surface area contributed by atoms with E-state index in [0.29, 0.717) is 13.1 Å². The number of benzene rings is 2. The molecule has 5 rings (SSSR count). The van der Waals surface area contributed by atoms with Crippen LogP contribution in [-0.4, -0.2) is 38.8 Å². The molecule has 5 heteroatoms. The standard InChI is InChI=1S/C23H22N4O/c1-26-13-18-10-6-5-9-17(18)11-21(26)23(28)27-14-19-12-24-22(25-20(19)15-27)16-7-3-2-4-8-16/h2-10,12,21H,11,13-15H2,1H3. The summed E-state index contributed by atoms with van der Waals surface area (Å²) in [5.41, 5.74) is 5.60. The highest BCUT2D eigenvalue weighted by atomic mass is 16.2. The molecule has 1 aromatic heterocycles. The Morgan fingerprint density at radius 3 is 2.50 bits per heavy atom. The van der Waals surface area contributed by atoms with Crippen LogP contribution >= 0.6 is 0 Å². The minimum absolute atomic E-state index is 0.120. The van der Waals surface area contributed by atoms with Crippen LogP contribution in [0.3, 0.4) is 0 Å². The number of hydrogen-bond acceptors (Lipinski definition) is 4. The molecule has 3 aromatic rings. The monoisotopic (exact) mass is 370 g/mol. The molecule has 0 bridgehead atoms. The minimum atomic E-state index is -0.120. The number of fused-ring (bicyclic) bond motifs is 2.